The maximum absolute atomic E-state index is 12.9. The maximum Gasteiger partial charge on any atom is 0.323 e. The number of aliphatic hydroxyl groups is 1. The van der Waals surface area contributed by atoms with E-state index in [2.05, 4.69) is 20.8 Å². The molecule has 0 aromatic carbocycles. The molecular weight excluding hydrogens is 679 g/mol. The van der Waals surface area contributed by atoms with Crippen molar-refractivity contribution in [1.82, 2.24) is 4.90 Å². The molecular formula is C46H87NO7. The Morgan fingerprint density at radius 1 is 0.611 bits per heavy atom. The lowest BCUT2D eigenvalue weighted by Crippen LogP contribution is -2.38. The molecule has 0 aliphatic carbocycles. The molecule has 0 spiro atoms. The SMILES string of the molecule is CCCCCCCCCCCOC(=O)CCCCCN1CC(O)C[C@H]1C(=O)OCCCCCCC(C)(C)C(=O)OCCCC(CCCCC)CCCCC. The fourth-order valence-corrected chi connectivity index (χ4v) is 7.73. The lowest BCUT2D eigenvalue weighted by molar-refractivity contribution is -0.154. The predicted octanol–water partition coefficient (Wildman–Crippen LogP) is 11.7. The van der Waals surface area contributed by atoms with Gasteiger partial charge >= 0.3 is 17.9 Å². The molecule has 1 fully saturated rings. The normalized spacial score (nSPS) is 16.3. The van der Waals surface area contributed by atoms with Crippen molar-refractivity contribution in [3.8, 4) is 0 Å². The topological polar surface area (TPSA) is 102 Å². The van der Waals surface area contributed by atoms with Gasteiger partial charge in [-0.25, -0.2) is 0 Å². The van der Waals surface area contributed by atoms with Crippen molar-refractivity contribution in [2.24, 2.45) is 11.3 Å². The van der Waals surface area contributed by atoms with E-state index in [1.807, 2.05) is 18.7 Å². The van der Waals surface area contributed by atoms with Gasteiger partial charge in [-0.3, -0.25) is 19.3 Å². The highest BCUT2D eigenvalue weighted by Gasteiger charge is 2.36. The quantitative estimate of drug-likeness (QED) is 0.0379. The van der Waals surface area contributed by atoms with Crippen molar-refractivity contribution in [2.75, 3.05) is 32.9 Å². The number of esters is 3. The Labute approximate surface area is 333 Å². The molecule has 318 valence electrons. The first-order valence-corrected chi connectivity index (χ1v) is 23.1. The Balaban J connectivity index is 2.14. The molecule has 0 bridgehead atoms. The van der Waals surface area contributed by atoms with Crippen molar-refractivity contribution >= 4 is 17.9 Å². The van der Waals surface area contributed by atoms with Gasteiger partial charge in [0.25, 0.3) is 0 Å². The zero-order chi connectivity index (χ0) is 39.7. The summed E-state index contributed by atoms with van der Waals surface area (Å²) < 4.78 is 16.8. The molecule has 8 heteroatoms. The van der Waals surface area contributed by atoms with Gasteiger partial charge < -0.3 is 19.3 Å². The van der Waals surface area contributed by atoms with Crippen LogP contribution in [-0.2, 0) is 28.6 Å². The minimum atomic E-state index is -0.517. The van der Waals surface area contributed by atoms with E-state index in [-0.39, 0.29) is 17.9 Å². The Morgan fingerprint density at radius 2 is 1.11 bits per heavy atom. The van der Waals surface area contributed by atoms with Crippen LogP contribution in [0.4, 0.5) is 0 Å². The highest BCUT2D eigenvalue weighted by Crippen LogP contribution is 2.27. The molecule has 1 heterocycles. The second kappa shape index (κ2) is 33.5. The Morgan fingerprint density at radius 3 is 1.74 bits per heavy atom. The summed E-state index contributed by atoms with van der Waals surface area (Å²) >= 11 is 0. The molecule has 1 saturated heterocycles. The Hall–Kier alpha value is -1.67. The van der Waals surface area contributed by atoms with Crippen LogP contribution >= 0.6 is 0 Å². The standard InChI is InChI=1S/C46H87NO7/c1-6-9-12-13-14-15-16-18-26-35-52-43(49)32-23-20-25-34-47-39-41(48)38-42(47)44(50)53-36-27-19-17-24-33-46(4,5)45(51)54-37-28-31-40(29-21-10-7-2)30-22-11-8-3/h40-42,48H,6-39H2,1-5H3/t41?,42-/m0/s1. The number of carbonyl (C=O) groups excluding carboxylic acids is 3. The highest BCUT2D eigenvalue weighted by molar-refractivity contribution is 5.76. The highest BCUT2D eigenvalue weighted by atomic mass is 16.5. The second-order valence-electron chi connectivity index (χ2n) is 17.1. The molecule has 1 N–H and O–H groups in total. The van der Waals surface area contributed by atoms with Gasteiger partial charge in [-0.1, -0.05) is 149 Å². The van der Waals surface area contributed by atoms with Crippen LogP contribution in [-0.4, -0.2) is 73.0 Å². The Kier molecular flexibility index (Phi) is 31.2. The third kappa shape index (κ3) is 26.2. The van der Waals surface area contributed by atoms with Crippen LogP contribution < -0.4 is 0 Å². The number of carbonyl (C=O) groups is 3. The summed E-state index contributed by atoms with van der Waals surface area (Å²) in [5.74, 6) is 0.314. The van der Waals surface area contributed by atoms with Crippen LogP contribution in [0.1, 0.15) is 221 Å². The van der Waals surface area contributed by atoms with Crippen molar-refractivity contribution in [3.63, 3.8) is 0 Å². The van der Waals surface area contributed by atoms with E-state index in [0.717, 1.165) is 83.0 Å². The molecule has 0 aromatic rings. The van der Waals surface area contributed by atoms with E-state index in [1.165, 1.54) is 96.3 Å². The number of likely N-dealkylation sites (tertiary alicyclic amines) is 1. The van der Waals surface area contributed by atoms with Gasteiger partial charge in [0.15, 0.2) is 0 Å². The van der Waals surface area contributed by atoms with Crippen LogP contribution in [0.15, 0.2) is 0 Å². The monoisotopic (exact) mass is 766 g/mol. The summed E-state index contributed by atoms with van der Waals surface area (Å²) in [4.78, 5) is 39.9. The van der Waals surface area contributed by atoms with Crippen molar-refractivity contribution in [1.29, 1.82) is 0 Å². The number of β-amino-alcohol motifs (C(OH)–C–C–N with tert-alkyl or cyclic N) is 1. The van der Waals surface area contributed by atoms with Crippen LogP contribution in [0.3, 0.4) is 0 Å². The maximum atomic E-state index is 12.9. The van der Waals surface area contributed by atoms with E-state index in [1.54, 1.807) is 0 Å². The zero-order valence-corrected chi connectivity index (χ0v) is 36.1. The first kappa shape index (κ1) is 50.3. The van der Waals surface area contributed by atoms with Crippen molar-refractivity contribution < 1.29 is 33.7 Å². The minimum Gasteiger partial charge on any atom is -0.466 e. The number of hydrogen-bond acceptors (Lipinski definition) is 8. The zero-order valence-electron chi connectivity index (χ0n) is 36.1. The van der Waals surface area contributed by atoms with Gasteiger partial charge in [0.05, 0.1) is 31.3 Å². The van der Waals surface area contributed by atoms with Crippen LogP contribution in [0.25, 0.3) is 0 Å². The largest absolute Gasteiger partial charge is 0.466 e. The lowest BCUT2D eigenvalue weighted by Gasteiger charge is -2.23. The third-order valence-electron chi connectivity index (χ3n) is 11.4. The van der Waals surface area contributed by atoms with E-state index in [0.29, 0.717) is 45.8 Å². The first-order chi connectivity index (χ1) is 26.1. The summed E-state index contributed by atoms with van der Waals surface area (Å²) in [5, 5.41) is 10.3. The minimum absolute atomic E-state index is 0.0876. The molecule has 0 radical (unpaired) electrons. The van der Waals surface area contributed by atoms with Gasteiger partial charge in [-0.15, -0.1) is 0 Å². The van der Waals surface area contributed by atoms with E-state index in [9.17, 15) is 19.5 Å². The summed E-state index contributed by atoms with van der Waals surface area (Å²) in [6.07, 6.45) is 31.0. The summed E-state index contributed by atoms with van der Waals surface area (Å²) in [7, 11) is 0. The average Bonchev–Trinajstić information content (AvgIpc) is 3.53. The van der Waals surface area contributed by atoms with Gasteiger partial charge in [-0.2, -0.15) is 0 Å². The van der Waals surface area contributed by atoms with Crippen LogP contribution in [0.5, 0.6) is 0 Å². The summed E-state index contributed by atoms with van der Waals surface area (Å²) in [5.41, 5.74) is -0.489. The van der Waals surface area contributed by atoms with Crippen molar-refractivity contribution in [3.05, 3.63) is 0 Å². The number of nitrogens with zero attached hydrogens (tertiary/aromatic N) is 1. The Bertz CT molecular complexity index is 915. The second-order valence-corrected chi connectivity index (χ2v) is 17.1. The molecule has 0 amide bonds. The summed E-state index contributed by atoms with van der Waals surface area (Å²) in [6, 6.07) is -0.402. The molecule has 1 rings (SSSR count). The predicted molar refractivity (Wildman–Crippen MR) is 222 cm³/mol. The van der Waals surface area contributed by atoms with E-state index >= 15 is 0 Å². The number of aliphatic hydroxyl groups excluding tert-OH is 1. The lowest BCUT2D eigenvalue weighted by atomic mass is 9.87. The molecule has 1 aliphatic rings. The third-order valence-corrected chi connectivity index (χ3v) is 11.4. The molecule has 0 aromatic heterocycles. The number of rotatable bonds is 37. The van der Waals surface area contributed by atoms with Crippen molar-refractivity contribution in [2.45, 2.75) is 233 Å². The number of unbranched alkanes of at least 4 members (excludes halogenated alkanes) is 17. The van der Waals surface area contributed by atoms with E-state index in [4.69, 9.17) is 14.2 Å². The summed E-state index contributed by atoms with van der Waals surface area (Å²) in [6.45, 7) is 13.4. The number of hydrogen-bond donors (Lipinski definition) is 1. The molecule has 8 nitrogen and oxygen atoms in total. The van der Waals surface area contributed by atoms with Crippen LogP contribution in [0, 0.1) is 11.3 Å². The molecule has 1 unspecified atom stereocenters. The molecule has 54 heavy (non-hydrogen) atoms. The average molecular weight is 766 g/mol. The molecule has 0 saturated carbocycles. The van der Waals surface area contributed by atoms with Gasteiger partial charge in [-0.05, 0) is 71.3 Å². The van der Waals surface area contributed by atoms with E-state index < -0.39 is 17.6 Å². The van der Waals surface area contributed by atoms with Gasteiger partial charge in [0, 0.05) is 19.4 Å². The molecule has 1 aliphatic heterocycles. The van der Waals surface area contributed by atoms with Crippen LogP contribution in [0.2, 0.25) is 0 Å². The van der Waals surface area contributed by atoms with Gasteiger partial charge in [0.2, 0.25) is 0 Å². The first-order valence-electron chi connectivity index (χ1n) is 23.1. The van der Waals surface area contributed by atoms with Gasteiger partial charge in [0.1, 0.15) is 6.04 Å². The fraction of sp³-hybridized carbons (Fsp3) is 0.935. The smallest absolute Gasteiger partial charge is 0.323 e. The molecule has 2 atom stereocenters. The number of ether oxygens (including phenoxy) is 3. The fourth-order valence-electron chi connectivity index (χ4n) is 7.73.